The van der Waals surface area contributed by atoms with Gasteiger partial charge in [0.25, 0.3) is 0 Å². The van der Waals surface area contributed by atoms with Crippen molar-refractivity contribution in [2.24, 2.45) is 0 Å². The predicted molar refractivity (Wildman–Crippen MR) is 109 cm³/mol. The van der Waals surface area contributed by atoms with Gasteiger partial charge in [0.2, 0.25) is 6.33 Å². The molecule has 0 spiro atoms. The van der Waals surface area contributed by atoms with E-state index in [2.05, 4.69) is 53.2 Å². The Bertz CT molecular complexity index is 612. The van der Waals surface area contributed by atoms with E-state index >= 15 is 0 Å². The number of benzene rings is 1. The summed E-state index contributed by atoms with van der Waals surface area (Å²) in [7, 11) is 0. The molecule has 0 radical (unpaired) electrons. The van der Waals surface area contributed by atoms with Gasteiger partial charge in [-0.05, 0) is 50.7 Å². The molecule has 0 atom stereocenters. The van der Waals surface area contributed by atoms with Crippen LogP contribution < -0.4 is 4.57 Å². The van der Waals surface area contributed by atoms with Gasteiger partial charge in [-0.15, -0.1) is 6.58 Å². The van der Waals surface area contributed by atoms with Crippen molar-refractivity contribution in [3.8, 4) is 0 Å². The molecule has 2 heteroatoms. The molecule has 0 aliphatic heterocycles. The topological polar surface area (TPSA) is 8.81 Å². The number of unbranched alkanes of at least 4 members (excludes halogenated alkanes) is 9. The van der Waals surface area contributed by atoms with Crippen molar-refractivity contribution in [1.82, 2.24) is 4.57 Å². The van der Waals surface area contributed by atoms with Gasteiger partial charge in [0, 0.05) is 0 Å². The third-order valence-electron chi connectivity index (χ3n) is 5.09. The monoisotopic (exact) mass is 341 g/mol. The molecular weight excluding hydrogens is 304 g/mol. The second-order valence-electron chi connectivity index (χ2n) is 7.25. The van der Waals surface area contributed by atoms with Crippen LogP contribution in [0.15, 0.2) is 43.2 Å². The van der Waals surface area contributed by atoms with Crippen molar-refractivity contribution in [3.05, 3.63) is 43.2 Å². The summed E-state index contributed by atoms with van der Waals surface area (Å²) in [6.45, 7) is 8.37. The van der Waals surface area contributed by atoms with Crippen LogP contribution in [-0.2, 0) is 13.1 Å². The zero-order valence-electron chi connectivity index (χ0n) is 16.3. The van der Waals surface area contributed by atoms with Gasteiger partial charge in [-0.2, -0.15) is 0 Å². The van der Waals surface area contributed by atoms with Crippen molar-refractivity contribution >= 4 is 11.0 Å². The molecule has 0 aliphatic rings. The molecule has 0 aliphatic carbocycles. The van der Waals surface area contributed by atoms with Crippen molar-refractivity contribution in [1.29, 1.82) is 0 Å². The van der Waals surface area contributed by atoms with Crippen LogP contribution in [0.1, 0.15) is 77.6 Å². The number of aryl methyl sites for hydroxylation is 2. The fourth-order valence-corrected chi connectivity index (χ4v) is 3.59. The van der Waals surface area contributed by atoms with Crippen LogP contribution in [0.5, 0.6) is 0 Å². The minimum Gasteiger partial charge on any atom is -0.230 e. The SMILES string of the molecule is C=CCCCCCC[n+]1cn(CCCCCCCC)c2ccccc21. The highest BCUT2D eigenvalue weighted by Gasteiger charge is 2.14. The molecule has 2 rings (SSSR count). The largest absolute Gasteiger partial charge is 0.244 e. The average Bonchev–Trinajstić information content (AvgIpc) is 2.99. The van der Waals surface area contributed by atoms with E-state index in [1.54, 1.807) is 0 Å². The molecule has 25 heavy (non-hydrogen) atoms. The van der Waals surface area contributed by atoms with Gasteiger partial charge in [-0.1, -0.05) is 57.2 Å². The number of nitrogens with zero attached hydrogens (tertiary/aromatic N) is 2. The summed E-state index contributed by atoms with van der Waals surface area (Å²) in [5.74, 6) is 0. The minimum absolute atomic E-state index is 1.14. The minimum atomic E-state index is 1.14. The number of aromatic nitrogens is 2. The lowest BCUT2D eigenvalue weighted by Gasteiger charge is -2.00. The Balaban J connectivity index is 1.84. The Morgan fingerprint density at radius 2 is 1.64 bits per heavy atom. The van der Waals surface area contributed by atoms with E-state index in [1.165, 1.54) is 75.2 Å². The van der Waals surface area contributed by atoms with Crippen molar-refractivity contribution in [3.63, 3.8) is 0 Å². The normalized spacial score (nSPS) is 11.2. The lowest BCUT2D eigenvalue weighted by Crippen LogP contribution is -2.32. The van der Waals surface area contributed by atoms with E-state index in [1.807, 2.05) is 6.08 Å². The van der Waals surface area contributed by atoms with E-state index in [0.29, 0.717) is 0 Å². The summed E-state index contributed by atoms with van der Waals surface area (Å²) in [5, 5.41) is 0. The highest BCUT2D eigenvalue weighted by molar-refractivity contribution is 5.71. The van der Waals surface area contributed by atoms with Gasteiger partial charge in [0.1, 0.15) is 0 Å². The summed E-state index contributed by atoms with van der Waals surface area (Å²) < 4.78 is 4.92. The fraction of sp³-hybridized carbons (Fsp3) is 0.609. The van der Waals surface area contributed by atoms with Gasteiger partial charge in [0.05, 0.1) is 13.1 Å². The first kappa shape index (κ1) is 19.8. The molecule has 138 valence electrons. The van der Waals surface area contributed by atoms with Crippen molar-refractivity contribution in [2.45, 2.75) is 90.6 Å². The lowest BCUT2D eigenvalue weighted by molar-refractivity contribution is -0.672. The van der Waals surface area contributed by atoms with Gasteiger partial charge in [-0.3, -0.25) is 0 Å². The quantitative estimate of drug-likeness (QED) is 0.213. The summed E-state index contributed by atoms with van der Waals surface area (Å²) >= 11 is 0. The molecule has 1 aromatic carbocycles. The Morgan fingerprint density at radius 3 is 2.48 bits per heavy atom. The molecule has 2 nitrogen and oxygen atoms in total. The van der Waals surface area contributed by atoms with Crippen LogP contribution in [0.25, 0.3) is 11.0 Å². The molecule has 1 heterocycles. The smallest absolute Gasteiger partial charge is 0.230 e. The van der Waals surface area contributed by atoms with Gasteiger partial charge < -0.3 is 0 Å². The molecule has 0 unspecified atom stereocenters. The number of imidazole rings is 1. The standard InChI is InChI=1S/C23H37N2/c1-3-5-7-9-11-15-19-24-21-25(20-16-12-10-8-6-4-2)23-18-14-13-17-22(23)24/h3,13-14,17-18,21H,1,4-12,15-16,19-20H2,2H3/q+1. The molecule has 0 saturated carbocycles. The van der Waals surface area contributed by atoms with Crippen LogP contribution in [0, 0.1) is 0 Å². The summed E-state index contributed by atoms with van der Waals surface area (Å²) in [4.78, 5) is 0. The second-order valence-corrected chi connectivity index (χ2v) is 7.25. The van der Waals surface area contributed by atoms with Crippen molar-refractivity contribution < 1.29 is 4.57 Å². The maximum absolute atomic E-state index is 3.80. The molecule has 2 aromatic rings. The fourth-order valence-electron chi connectivity index (χ4n) is 3.59. The Labute approximate surface area is 154 Å². The molecule has 0 bridgehead atoms. The van der Waals surface area contributed by atoms with Crippen LogP contribution in [0.2, 0.25) is 0 Å². The maximum Gasteiger partial charge on any atom is 0.244 e. The zero-order chi connectivity index (χ0) is 17.7. The van der Waals surface area contributed by atoms with E-state index in [0.717, 1.165) is 19.5 Å². The van der Waals surface area contributed by atoms with E-state index in [4.69, 9.17) is 0 Å². The highest BCUT2D eigenvalue weighted by atomic mass is 15.1. The Kier molecular flexibility index (Phi) is 9.40. The zero-order valence-corrected chi connectivity index (χ0v) is 16.3. The first-order valence-corrected chi connectivity index (χ1v) is 10.4. The van der Waals surface area contributed by atoms with Crippen LogP contribution in [0.4, 0.5) is 0 Å². The summed E-state index contributed by atoms with van der Waals surface area (Å²) in [6, 6.07) is 8.87. The van der Waals surface area contributed by atoms with E-state index in [-0.39, 0.29) is 0 Å². The molecule has 0 saturated heterocycles. The number of para-hydroxylation sites is 2. The number of allylic oxidation sites excluding steroid dienone is 1. The third-order valence-corrected chi connectivity index (χ3v) is 5.09. The molecule has 0 amide bonds. The first-order valence-electron chi connectivity index (χ1n) is 10.4. The average molecular weight is 342 g/mol. The number of hydrogen-bond donors (Lipinski definition) is 0. The van der Waals surface area contributed by atoms with Crippen LogP contribution in [-0.4, -0.2) is 4.57 Å². The van der Waals surface area contributed by atoms with Gasteiger partial charge >= 0.3 is 0 Å². The van der Waals surface area contributed by atoms with Crippen LogP contribution in [0.3, 0.4) is 0 Å². The summed E-state index contributed by atoms with van der Waals surface area (Å²) in [5.41, 5.74) is 2.78. The van der Waals surface area contributed by atoms with Crippen LogP contribution >= 0.6 is 0 Å². The number of hydrogen-bond acceptors (Lipinski definition) is 0. The predicted octanol–water partition coefficient (Wildman–Crippen LogP) is 6.43. The molecule has 0 fully saturated rings. The number of rotatable bonds is 14. The molecule has 0 N–H and O–H groups in total. The van der Waals surface area contributed by atoms with E-state index < -0.39 is 0 Å². The third kappa shape index (κ3) is 6.68. The Hall–Kier alpha value is -1.57. The van der Waals surface area contributed by atoms with Gasteiger partial charge in [0.15, 0.2) is 11.0 Å². The number of fused-ring (bicyclic) bond motifs is 1. The van der Waals surface area contributed by atoms with E-state index in [9.17, 15) is 0 Å². The Morgan fingerprint density at radius 1 is 0.920 bits per heavy atom. The first-order chi connectivity index (χ1) is 12.4. The molecular formula is C23H37N2+. The van der Waals surface area contributed by atoms with Gasteiger partial charge in [-0.25, -0.2) is 9.13 Å². The molecule has 1 aromatic heterocycles. The van der Waals surface area contributed by atoms with Crippen molar-refractivity contribution in [2.75, 3.05) is 0 Å². The maximum atomic E-state index is 3.80. The second kappa shape index (κ2) is 11.9. The summed E-state index contributed by atoms with van der Waals surface area (Å²) in [6.07, 6.45) is 18.9. The lowest BCUT2D eigenvalue weighted by atomic mass is 10.1. The highest BCUT2D eigenvalue weighted by Crippen LogP contribution is 2.14.